The number of nitrogens with one attached hydrogen (secondary N) is 1. The van der Waals surface area contributed by atoms with E-state index in [1.54, 1.807) is 17.5 Å². The smallest absolute Gasteiger partial charge is 0.255 e. The number of piperazine rings is 1. The van der Waals surface area contributed by atoms with Gasteiger partial charge in [0.1, 0.15) is 0 Å². The molecule has 5 heteroatoms. The van der Waals surface area contributed by atoms with Gasteiger partial charge in [0.2, 0.25) is 0 Å². The van der Waals surface area contributed by atoms with E-state index in [0.717, 1.165) is 30.8 Å². The monoisotopic (exact) mass is 273 g/mol. The number of carbonyl (C=O) groups is 1. The molecule has 1 N–H and O–H groups in total. The molecule has 2 aromatic heterocycles. The second-order valence-corrected chi connectivity index (χ2v) is 5.30. The number of pyridine rings is 1. The number of nitrogens with zero attached hydrogens (tertiary/aromatic N) is 2. The van der Waals surface area contributed by atoms with Crippen LogP contribution >= 0.6 is 11.3 Å². The van der Waals surface area contributed by atoms with Crippen LogP contribution in [0.25, 0.3) is 0 Å². The number of hydrogen-bond donors (Lipinski definition) is 1. The highest BCUT2D eigenvalue weighted by Crippen LogP contribution is 2.24. The van der Waals surface area contributed by atoms with Gasteiger partial charge in [0.05, 0.1) is 11.6 Å². The molecule has 0 aliphatic carbocycles. The quantitative estimate of drug-likeness (QED) is 0.909. The Balaban J connectivity index is 1.87. The average molecular weight is 273 g/mol. The molecular weight excluding hydrogens is 258 g/mol. The van der Waals surface area contributed by atoms with Crippen molar-refractivity contribution in [3.63, 3.8) is 0 Å². The van der Waals surface area contributed by atoms with Crippen molar-refractivity contribution in [1.29, 1.82) is 0 Å². The molecule has 1 unspecified atom stereocenters. The van der Waals surface area contributed by atoms with E-state index in [4.69, 9.17) is 0 Å². The lowest BCUT2D eigenvalue weighted by Gasteiger charge is -2.36. The zero-order chi connectivity index (χ0) is 13.1. The van der Waals surface area contributed by atoms with Crippen LogP contribution < -0.4 is 5.32 Å². The van der Waals surface area contributed by atoms with Crippen molar-refractivity contribution in [2.24, 2.45) is 0 Å². The zero-order valence-corrected chi connectivity index (χ0v) is 11.3. The Hall–Kier alpha value is -1.72. The van der Waals surface area contributed by atoms with Gasteiger partial charge in [-0.15, -0.1) is 0 Å². The molecule has 98 valence electrons. The number of carbonyl (C=O) groups excluding carboxylic acids is 1. The maximum atomic E-state index is 12.5. The fourth-order valence-electron chi connectivity index (χ4n) is 2.37. The van der Waals surface area contributed by atoms with Crippen LogP contribution in [-0.2, 0) is 0 Å². The average Bonchev–Trinajstić information content (AvgIpc) is 3.02. The summed E-state index contributed by atoms with van der Waals surface area (Å²) >= 11 is 1.55. The van der Waals surface area contributed by atoms with Gasteiger partial charge >= 0.3 is 0 Å². The molecule has 4 nitrogen and oxygen atoms in total. The second-order valence-electron chi connectivity index (χ2n) is 4.52. The molecule has 0 aromatic carbocycles. The Kier molecular flexibility index (Phi) is 3.57. The third-order valence-electron chi connectivity index (χ3n) is 3.34. The van der Waals surface area contributed by atoms with Gasteiger partial charge in [-0.2, -0.15) is 11.3 Å². The fraction of sp³-hybridized carbons (Fsp3) is 0.286. The van der Waals surface area contributed by atoms with E-state index >= 15 is 0 Å². The van der Waals surface area contributed by atoms with E-state index in [1.807, 2.05) is 40.1 Å². The normalized spacial score (nSPS) is 19.4. The molecule has 1 aliphatic rings. The first-order chi connectivity index (χ1) is 9.36. The van der Waals surface area contributed by atoms with E-state index < -0.39 is 0 Å². The van der Waals surface area contributed by atoms with Crippen LogP contribution in [0.1, 0.15) is 22.0 Å². The number of rotatable bonds is 2. The van der Waals surface area contributed by atoms with Crippen molar-refractivity contribution in [2.75, 3.05) is 19.6 Å². The van der Waals surface area contributed by atoms with Crippen LogP contribution in [0.15, 0.2) is 41.4 Å². The summed E-state index contributed by atoms with van der Waals surface area (Å²) in [4.78, 5) is 18.6. The van der Waals surface area contributed by atoms with Crippen molar-refractivity contribution in [3.05, 3.63) is 52.5 Å². The minimum absolute atomic E-state index is 0.0647. The molecule has 1 saturated heterocycles. The standard InChI is InChI=1S/C14H15N3OS/c18-14(12-3-7-19-10-12)17-6-5-16-9-13(17)11-2-1-4-15-8-11/h1-4,7-8,10,13,16H,5-6,9H2. The van der Waals surface area contributed by atoms with Gasteiger partial charge in [-0.1, -0.05) is 6.07 Å². The summed E-state index contributed by atoms with van der Waals surface area (Å²) in [7, 11) is 0. The van der Waals surface area contributed by atoms with E-state index in [-0.39, 0.29) is 11.9 Å². The van der Waals surface area contributed by atoms with Gasteiger partial charge in [0.15, 0.2) is 0 Å². The van der Waals surface area contributed by atoms with Gasteiger partial charge in [-0.25, -0.2) is 0 Å². The lowest BCUT2D eigenvalue weighted by Crippen LogP contribution is -2.48. The second kappa shape index (κ2) is 5.50. The van der Waals surface area contributed by atoms with Crippen molar-refractivity contribution in [3.8, 4) is 0 Å². The molecule has 2 aromatic rings. The minimum atomic E-state index is 0.0647. The lowest BCUT2D eigenvalue weighted by molar-refractivity contribution is 0.0634. The lowest BCUT2D eigenvalue weighted by atomic mass is 10.0. The molecule has 1 atom stereocenters. The SMILES string of the molecule is O=C(c1ccsc1)N1CCNCC1c1cccnc1. The summed E-state index contributed by atoms with van der Waals surface area (Å²) in [5.41, 5.74) is 1.86. The molecule has 0 saturated carbocycles. The Bertz CT molecular complexity index is 541. The van der Waals surface area contributed by atoms with Crippen LogP contribution in [0.2, 0.25) is 0 Å². The number of hydrogen-bond acceptors (Lipinski definition) is 4. The summed E-state index contributed by atoms with van der Waals surface area (Å²) in [6, 6.07) is 5.89. The Morgan fingerprint density at radius 1 is 1.47 bits per heavy atom. The summed E-state index contributed by atoms with van der Waals surface area (Å²) in [5.74, 6) is 0.108. The largest absolute Gasteiger partial charge is 0.329 e. The van der Waals surface area contributed by atoms with Gasteiger partial charge in [0, 0.05) is 37.4 Å². The Morgan fingerprint density at radius 3 is 3.16 bits per heavy atom. The van der Waals surface area contributed by atoms with Gasteiger partial charge in [0.25, 0.3) is 5.91 Å². The van der Waals surface area contributed by atoms with Gasteiger partial charge in [-0.3, -0.25) is 9.78 Å². The van der Waals surface area contributed by atoms with Crippen LogP contribution in [0.3, 0.4) is 0 Å². The van der Waals surface area contributed by atoms with Crippen LogP contribution in [0.4, 0.5) is 0 Å². The maximum absolute atomic E-state index is 12.5. The summed E-state index contributed by atoms with van der Waals surface area (Å²) < 4.78 is 0. The van der Waals surface area contributed by atoms with Crippen molar-refractivity contribution in [1.82, 2.24) is 15.2 Å². The van der Waals surface area contributed by atoms with Crippen LogP contribution in [0.5, 0.6) is 0 Å². The minimum Gasteiger partial charge on any atom is -0.329 e. The Labute approximate surface area is 116 Å². The molecule has 1 fully saturated rings. The predicted octanol–water partition coefficient (Wildman–Crippen LogP) is 1.93. The highest BCUT2D eigenvalue weighted by Gasteiger charge is 2.28. The van der Waals surface area contributed by atoms with Crippen LogP contribution in [-0.4, -0.2) is 35.4 Å². The van der Waals surface area contributed by atoms with E-state index in [9.17, 15) is 4.79 Å². The van der Waals surface area contributed by atoms with Crippen LogP contribution in [0, 0.1) is 0 Å². The molecule has 1 amide bonds. The highest BCUT2D eigenvalue weighted by molar-refractivity contribution is 7.08. The number of amides is 1. The molecular formula is C14H15N3OS. The summed E-state index contributed by atoms with van der Waals surface area (Å²) in [6.45, 7) is 2.35. The molecule has 3 rings (SSSR count). The third kappa shape index (κ3) is 2.52. The van der Waals surface area contributed by atoms with E-state index in [2.05, 4.69) is 10.3 Å². The molecule has 0 bridgehead atoms. The molecule has 1 aliphatic heterocycles. The highest BCUT2D eigenvalue weighted by atomic mass is 32.1. The third-order valence-corrected chi connectivity index (χ3v) is 4.02. The van der Waals surface area contributed by atoms with Gasteiger partial charge in [-0.05, 0) is 23.1 Å². The number of aromatic nitrogens is 1. The maximum Gasteiger partial charge on any atom is 0.255 e. The van der Waals surface area contributed by atoms with E-state index in [1.165, 1.54) is 0 Å². The molecule has 0 spiro atoms. The topological polar surface area (TPSA) is 45.2 Å². The zero-order valence-electron chi connectivity index (χ0n) is 10.5. The Morgan fingerprint density at radius 2 is 2.42 bits per heavy atom. The van der Waals surface area contributed by atoms with Crippen molar-refractivity contribution >= 4 is 17.2 Å². The fourth-order valence-corrected chi connectivity index (χ4v) is 3.00. The number of thiophene rings is 1. The predicted molar refractivity (Wildman–Crippen MR) is 75.2 cm³/mol. The first kappa shape index (κ1) is 12.3. The molecule has 0 radical (unpaired) electrons. The molecule has 3 heterocycles. The van der Waals surface area contributed by atoms with Crippen molar-refractivity contribution < 1.29 is 4.79 Å². The summed E-state index contributed by atoms with van der Waals surface area (Å²) in [6.07, 6.45) is 3.59. The summed E-state index contributed by atoms with van der Waals surface area (Å²) in [5, 5.41) is 7.19. The van der Waals surface area contributed by atoms with Crippen molar-refractivity contribution in [2.45, 2.75) is 6.04 Å². The van der Waals surface area contributed by atoms with Gasteiger partial charge < -0.3 is 10.2 Å². The first-order valence-corrected chi connectivity index (χ1v) is 7.24. The van der Waals surface area contributed by atoms with E-state index in [0.29, 0.717) is 0 Å². The molecule has 19 heavy (non-hydrogen) atoms. The first-order valence-electron chi connectivity index (χ1n) is 6.30.